The van der Waals surface area contributed by atoms with Crippen LogP contribution < -0.4 is 14.8 Å². The number of rotatable bonds is 9. The van der Waals surface area contributed by atoms with Crippen molar-refractivity contribution in [2.75, 3.05) is 44.8 Å². The second kappa shape index (κ2) is 10.8. The Kier molecular flexibility index (Phi) is 8.39. The van der Waals surface area contributed by atoms with Gasteiger partial charge in [0, 0.05) is 11.8 Å². The number of carbonyl (C=O) groups is 2. The number of amides is 1. The molecule has 150 valence electrons. The first-order valence-corrected chi connectivity index (χ1v) is 9.65. The van der Waals surface area contributed by atoms with Crippen molar-refractivity contribution in [1.29, 1.82) is 0 Å². The van der Waals surface area contributed by atoms with Crippen LogP contribution in [0.2, 0.25) is 0 Å². The van der Waals surface area contributed by atoms with E-state index >= 15 is 0 Å². The Morgan fingerprint density at radius 2 is 1.70 bits per heavy atom. The summed E-state index contributed by atoms with van der Waals surface area (Å²) in [6, 6.07) is 5.38. The van der Waals surface area contributed by atoms with Gasteiger partial charge >= 0.3 is 5.97 Å². The van der Waals surface area contributed by atoms with Crippen molar-refractivity contribution >= 4 is 17.6 Å². The molecule has 0 atom stereocenters. The molecule has 1 heterocycles. The molecule has 1 fully saturated rings. The highest BCUT2D eigenvalue weighted by Gasteiger charge is 2.26. The van der Waals surface area contributed by atoms with Crippen LogP contribution in [0.4, 0.5) is 5.69 Å². The van der Waals surface area contributed by atoms with Gasteiger partial charge in [-0.05, 0) is 58.8 Å². The van der Waals surface area contributed by atoms with Crippen LogP contribution in [0.1, 0.15) is 33.6 Å². The Balaban J connectivity index is 1.85. The highest BCUT2D eigenvalue weighted by molar-refractivity contribution is 5.92. The summed E-state index contributed by atoms with van der Waals surface area (Å²) in [5.41, 5.74) is 0.674. The molecule has 0 spiro atoms. The summed E-state index contributed by atoms with van der Waals surface area (Å²) >= 11 is 0. The van der Waals surface area contributed by atoms with Gasteiger partial charge in [-0.2, -0.15) is 0 Å². The van der Waals surface area contributed by atoms with Crippen molar-refractivity contribution in [1.82, 2.24) is 4.90 Å². The van der Waals surface area contributed by atoms with Gasteiger partial charge in [0.25, 0.3) is 0 Å². The molecule has 0 unspecified atom stereocenters. The molecule has 0 aromatic heterocycles. The predicted molar refractivity (Wildman–Crippen MR) is 103 cm³/mol. The quantitative estimate of drug-likeness (QED) is 0.666. The highest BCUT2D eigenvalue weighted by atomic mass is 16.5. The van der Waals surface area contributed by atoms with Crippen molar-refractivity contribution < 1.29 is 23.8 Å². The molecular formula is C20H30N2O5. The minimum Gasteiger partial charge on any atom is -0.490 e. The summed E-state index contributed by atoms with van der Waals surface area (Å²) < 4.78 is 16.2. The standard InChI is InChI=1S/C20H30N2O5/c1-4-25-17-8-7-16(13-18(17)26-5-2)21-19(23)14-22-11-9-15(10-12-22)20(24)27-6-3/h7-8,13,15H,4-6,9-12,14H2,1-3H3,(H,21,23). The zero-order chi connectivity index (χ0) is 19.6. The van der Waals surface area contributed by atoms with Crippen LogP contribution >= 0.6 is 0 Å². The van der Waals surface area contributed by atoms with E-state index in [2.05, 4.69) is 10.2 Å². The lowest BCUT2D eigenvalue weighted by Gasteiger charge is -2.30. The van der Waals surface area contributed by atoms with Crippen LogP contribution in [0.3, 0.4) is 0 Å². The van der Waals surface area contributed by atoms with E-state index in [1.807, 2.05) is 20.8 Å². The summed E-state index contributed by atoms with van der Waals surface area (Å²) in [6.07, 6.45) is 1.45. The molecule has 7 nitrogen and oxygen atoms in total. The summed E-state index contributed by atoms with van der Waals surface area (Å²) in [4.78, 5) is 26.2. The third-order valence-electron chi connectivity index (χ3n) is 4.40. The van der Waals surface area contributed by atoms with E-state index in [9.17, 15) is 9.59 Å². The third-order valence-corrected chi connectivity index (χ3v) is 4.40. The number of likely N-dealkylation sites (tertiary alicyclic amines) is 1. The number of hydrogen-bond acceptors (Lipinski definition) is 6. The molecular weight excluding hydrogens is 348 g/mol. The molecule has 7 heteroatoms. The summed E-state index contributed by atoms with van der Waals surface area (Å²) in [7, 11) is 0. The fraction of sp³-hybridized carbons (Fsp3) is 0.600. The topological polar surface area (TPSA) is 77.1 Å². The number of benzene rings is 1. The minimum atomic E-state index is -0.126. The monoisotopic (exact) mass is 378 g/mol. The van der Waals surface area contributed by atoms with E-state index in [1.54, 1.807) is 18.2 Å². The molecule has 1 amide bonds. The highest BCUT2D eigenvalue weighted by Crippen LogP contribution is 2.30. The molecule has 1 aliphatic rings. The molecule has 1 saturated heterocycles. The van der Waals surface area contributed by atoms with E-state index < -0.39 is 0 Å². The number of hydrogen-bond donors (Lipinski definition) is 1. The maximum absolute atomic E-state index is 12.4. The number of ether oxygens (including phenoxy) is 3. The molecule has 1 aromatic carbocycles. The van der Waals surface area contributed by atoms with E-state index in [-0.39, 0.29) is 17.8 Å². The van der Waals surface area contributed by atoms with Crippen LogP contribution in [0.5, 0.6) is 11.5 Å². The van der Waals surface area contributed by atoms with Gasteiger partial charge in [0.05, 0.1) is 32.3 Å². The number of esters is 1. The number of nitrogens with zero attached hydrogens (tertiary/aromatic N) is 1. The molecule has 0 aliphatic carbocycles. The van der Waals surface area contributed by atoms with Gasteiger partial charge in [0.1, 0.15) is 0 Å². The Bertz CT molecular complexity index is 627. The lowest BCUT2D eigenvalue weighted by molar-refractivity contribution is -0.149. The first-order valence-electron chi connectivity index (χ1n) is 9.65. The molecule has 0 saturated carbocycles. The second-order valence-electron chi connectivity index (χ2n) is 6.38. The van der Waals surface area contributed by atoms with Gasteiger partial charge in [-0.15, -0.1) is 0 Å². The van der Waals surface area contributed by atoms with Crippen molar-refractivity contribution in [3.05, 3.63) is 18.2 Å². The van der Waals surface area contributed by atoms with Crippen LogP contribution in [0.25, 0.3) is 0 Å². The minimum absolute atomic E-state index is 0.0517. The molecule has 2 rings (SSSR count). The Morgan fingerprint density at radius 3 is 2.33 bits per heavy atom. The average Bonchev–Trinajstić information content (AvgIpc) is 2.65. The average molecular weight is 378 g/mol. The largest absolute Gasteiger partial charge is 0.490 e. The first kappa shape index (κ1) is 21.0. The number of anilines is 1. The van der Waals surface area contributed by atoms with Gasteiger partial charge in [0.2, 0.25) is 5.91 Å². The Morgan fingerprint density at radius 1 is 1.04 bits per heavy atom. The normalized spacial score (nSPS) is 15.2. The maximum Gasteiger partial charge on any atom is 0.309 e. The number of piperidine rings is 1. The van der Waals surface area contributed by atoms with E-state index in [0.717, 1.165) is 12.8 Å². The van der Waals surface area contributed by atoms with Crippen LogP contribution in [0.15, 0.2) is 18.2 Å². The SMILES string of the molecule is CCOC(=O)C1CCN(CC(=O)Nc2ccc(OCC)c(OCC)c2)CC1. The first-order chi connectivity index (χ1) is 13.1. The van der Waals surface area contributed by atoms with Gasteiger partial charge in [0.15, 0.2) is 11.5 Å². The van der Waals surface area contributed by atoms with Gasteiger partial charge in [-0.25, -0.2) is 0 Å². The van der Waals surface area contributed by atoms with E-state index in [1.165, 1.54) is 0 Å². The molecule has 27 heavy (non-hydrogen) atoms. The molecule has 1 aliphatic heterocycles. The fourth-order valence-corrected chi connectivity index (χ4v) is 3.12. The van der Waals surface area contributed by atoms with Crippen molar-refractivity contribution in [3.63, 3.8) is 0 Å². The van der Waals surface area contributed by atoms with Crippen LogP contribution in [-0.2, 0) is 14.3 Å². The zero-order valence-electron chi connectivity index (χ0n) is 16.5. The zero-order valence-corrected chi connectivity index (χ0v) is 16.5. The maximum atomic E-state index is 12.4. The van der Waals surface area contributed by atoms with Gasteiger partial charge in [-0.3, -0.25) is 14.5 Å². The van der Waals surface area contributed by atoms with Crippen molar-refractivity contribution in [2.45, 2.75) is 33.6 Å². The smallest absolute Gasteiger partial charge is 0.309 e. The second-order valence-corrected chi connectivity index (χ2v) is 6.38. The van der Waals surface area contributed by atoms with Gasteiger partial charge in [-0.1, -0.05) is 0 Å². The third kappa shape index (κ3) is 6.43. The predicted octanol–water partition coefficient (Wildman–Crippen LogP) is 2.70. The molecule has 1 N–H and O–H groups in total. The molecule has 0 radical (unpaired) electrons. The molecule has 1 aromatic rings. The van der Waals surface area contributed by atoms with Crippen LogP contribution in [-0.4, -0.2) is 56.2 Å². The van der Waals surface area contributed by atoms with E-state index in [4.69, 9.17) is 14.2 Å². The molecule has 0 bridgehead atoms. The lowest BCUT2D eigenvalue weighted by Crippen LogP contribution is -2.41. The Hall–Kier alpha value is -2.28. The summed E-state index contributed by atoms with van der Waals surface area (Å²) in [6.45, 7) is 8.84. The van der Waals surface area contributed by atoms with E-state index in [0.29, 0.717) is 56.6 Å². The van der Waals surface area contributed by atoms with Crippen LogP contribution in [0, 0.1) is 5.92 Å². The number of nitrogens with one attached hydrogen (secondary N) is 1. The number of carbonyl (C=O) groups excluding carboxylic acids is 2. The van der Waals surface area contributed by atoms with Crippen molar-refractivity contribution in [2.24, 2.45) is 5.92 Å². The van der Waals surface area contributed by atoms with Crippen molar-refractivity contribution in [3.8, 4) is 11.5 Å². The summed E-state index contributed by atoms with van der Waals surface area (Å²) in [5, 5.41) is 2.90. The van der Waals surface area contributed by atoms with Gasteiger partial charge < -0.3 is 19.5 Å². The lowest BCUT2D eigenvalue weighted by atomic mass is 9.97. The summed E-state index contributed by atoms with van der Waals surface area (Å²) in [5.74, 6) is 1.02. The Labute approximate surface area is 161 Å². The fourth-order valence-electron chi connectivity index (χ4n) is 3.12.